The minimum absolute atomic E-state index is 0.407. The second kappa shape index (κ2) is 5.51. The van der Waals surface area contributed by atoms with E-state index in [1.165, 1.54) is 11.8 Å². The van der Waals surface area contributed by atoms with Crippen molar-refractivity contribution in [2.24, 2.45) is 14.1 Å². The molecular formula is C15H16N4O3. The molecule has 0 bridgehead atoms. The van der Waals surface area contributed by atoms with Crippen LogP contribution in [0, 0.1) is 0 Å². The summed E-state index contributed by atoms with van der Waals surface area (Å²) >= 11 is 0. The number of carbonyl (C=O) groups is 1. The SMILES string of the molecule is COC(=O)c1c2cc(OCc3cnn(C)c3)ccc2nn1C. The van der Waals surface area contributed by atoms with Crippen molar-refractivity contribution in [3.05, 3.63) is 41.9 Å². The molecule has 2 aromatic heterocycles. The van der Waals surface area contributed by atoms with Gasteiger partial charge < -0.3 is 9.47 Å². The van der Waals surface area contributed by atoms with Gasteiger partial charge in [0.15, 0.2) is 5.69 Å². The number of methoxy groups -OCH3 is 1. The van der Waals surface area contributed by atoms with E-state index >= 15 is 0 Å². The first kappa shape index (κ1) is 14.1. The molecule has 0 amide bonds. The molecule has 0 radical (unpaired) electrons. The van der Waals surface area contributed by atoms with Crippen molar-refractivity contribution in [1.82, 2.24) is 19.6 Å². The summed E-state index contributed by atoms with van der Waals surface area (Å²) in [6.07, 6.45) is 3.64. The van der Waals surface area contributed by atoms with Crippen molar-refractivity contribution in [3.63, 3.8) is 0 Å². The van der Waals surface area contributed by atoms with Crippen molar-refractivity contribution < 1.29 is 14.3 Å². The van der Waals surface area contributed by atoms with Gasteiger partial charge in [0.05, 0.1) is 18.8 Å². The molecule has 0 aliphatic heterocycles. The summed E-state index contributed by atoms with van der Waals surface area (Å²) in [5.41, 5.74) is 2.10. The third kappa shape index (κ3) is 2.52. The normalized spacial score (nSPS) is 10.9. The lowest BCUT2D eigenvalue weighted by molar-refractivity contribution is 0.0590. The highest BCUT2D eigenvalue weighted by atomic mass is 16.5. The Labute approximate surface area is 127 Å². The van der Waals surface area contributed by atoms with Crippen LogP contribution in [0.15, 0.2) is 30.6 Å². The van der Waals surface area contributed by atoms with Gasteiger partial charge in [0, 0.05) is 31.2 Å². The van der Waals surface area contributed by atoms with Crippen LogP contribution in [0.5, 0.6) is 5.75 Å². The summed E-state index contributed by atoms with van der Waals surface area (Å²) in [7, 11) is 4.92. The Hall–Kier alpha value is -2.83. The number of carbonyl (C=O) groups excluding carboxylic acids is 1. The van der Waals surface area contributed by atoms with Crippen LogP contribution in [-0.2, 0) is 25.4 Å². The molecule has 3 aromatic rings. The average molecular weight is 300 g/mol. The smallest absolute Gasteiger partial charge is 0.356 e. The molecule has 0 aliphatic rings. The zero-order valence-electron chi connectivity index (χ0n) is 12.6. The van der Waals surface area contributed by atoms with E-state index in [-0.39, 0.29) is 0 Å². The first-order chi connectivity index (χ1) is 10.6. The van der Waals surface area contributed by atoms with E-state index in [0.717, 1.165) is 11.1 Å². The molecule has 0 N–H and O–H groups in total. The third-order valence-electron chi connectivity index (χ3n) is 3.35. The standard InChI is InChI=1S/C15H16N4O3/c1-18-8-10(7-16-18)9-22-11-4-5-13-12(6-11)14(15(20)21-3)19(2)17-13/h4-8H,9H2,1-3H3. The van der Waals surface area contributed by atoms with E-state index in [0.29, 0.717) is 23.4 Å². The van der Waals surface area contributed by atoms with Gasteiger partial charge in [-0.15, -0.1) is 0 Å². The van der Waals surface area contributed by atoms with Gasteiger partial charge in [-0.1, -0.05) is 0 Å². The van der Waals surface area contributed by atoms with Gasteiger partial charge in [-0.3, -0.25) is 9.36 Å². The highest BCUT2D eigenvalue weighted by Crippen LogP contribution is 2.24. The number of aromatic nitrogens is 4. The molecule has 3 rings (SSSR count). The Balaban J connectivity index is 1.89. The number of rotatable bonds is 4. The summed E-state index contributed by atoms with van der Waals surface area (Å²) in [6.45, 7) is 0.410. The molecule has 2 heterocycles. The number of aryl methyl sites for hydroxylation is 2. The maximum atomic E-state index is 11.9. The van der Waals surface area contributed by atoms with Crippen LogP contribution in [0.25, 0.3) is 10.9 Å². The summed E-state index contributed by atoms with van der Waals surface area (Å²) in [5, 5.41) is 9.09. The zero-order chi connectivity index (χ0) is 15.7. The quantitative estimate of drug-likeness (QED) is 0.685. The maximum absolute atomic E-state index is 11.9. The molecule has 0 aliphatic carbocycles. The van der Waals surface area contributed by atoms with Crippen LogP contribution in [0.2, 0.25) is 0 Å². The van der Waals surface area contributed by atoms with Crippen LogP contribution in [0.1, 0.15) is 16.1 Å². The first-order valence-electron chi connectivity index (χ1n) is 6.74. The lowest BCUT2D eigenvalue weighted by Gasteiger charge is -2.05. The largest absolute Gasteiger partial charge is 0.489 e. The number of hydrogen-bond donors (Lipinski definition) is 0. The highest BCUT2D eigenvalue weighted by molar-refractivity contribution is 6.02. The predicted molar refractivity (Wildman–Crippen MR) is 79.6 cm³/mol. The van der Waals surface area contributed by atoms with E-state index in [4.69, 9.17) is 9.47 Å². The number of esters is 1. The molecule has 0 spiro atoms. The fourth-order valence-electron chi connectivity index (χ4n) is 2.32. The molecule has 7 nitrogen and oxygen atoms in total. The average Bonchev–Trinajstić information content (AvgIpc) is 3.06. The predicted octanol–water partition coefficient (Wildman–Crippen LogP) is 1.67. The Kier molecular flexibility index (Phi) is 3.54. The number of nitrogens with zero attached hydrogens (tertiary/aromatic N) is 4. The Bertz CT molecular complexity index is 835. The van der Waals surface area contributed by atoms with Crippen LogP contribution in [-0.4, -0.2) is 32.6 Å². The molecule has 0 atom stereocenters. The fourth-order valence-corrected chi connectivity index (χ4v) is 2.32. The molecule has 0 saturated carbocycles. The van der Waals surface area contributed by atoms with Crippen LogP contribution in [0.4, 0.5) is 0 Å². The maximum Gasteiger partial charge on any atom is 0.356 e. The number of hydrogen-bond acceptors (Lipinski definition) is 5. The fraction of sp³-hybridized carbons (Fsp3) is 0.267. The van der Waals surface area contributed by atoms with E-state index < -0.39 is 5.97 Å². The third-order valence-corrected chi connectivity index (χ3v) is 3.35. The number of fused-ring (bicyclic) bond motifs is 1. The van der Waals surface area contributed by atoms with E-state index in [2.05, 4.69) is 10.2 Å². The molecule has 0 fully saturated rings. The number of benzene rings is 1. The second-order valence-corrected chi connectivity index (χ2v) is 4.95. The van der Waals surface area contributed by atoms with Gasteiger partial charge in [-0.2, -0.15) is 10.2 Å². The van der Waals surface area contributed by atoms with Crippen molar-refractivity contribution in [3.8, 4) is 5.75 Å². The first-order valence-corrected chi connectivity index (χ1v) is 6.74. The van der Waals surface area contributed by atoms with Crippen LogP contribution < -0.4 is 4.74 Å². The van der Waals surface area contributed by atoms with Crippen LogP contribution in [0.3, 0.4) is 0 Å². The molecular weight excluding hydrogens is 284 g/mol. The lowest BCUT2D eigenvalue weighted by atomic mass is 10.2. The van der Waals surface area contributed by atoms with E-state index in [1.807, 2.05) is 25.4 Å². The minimum atomic E-state index is -0.422. The van der Waals surface area contributed by atoms with Crippen molar-refractivity contribution in [2.45, 2.75) is 6.61 Å². The molecule has 22 heavy (non-hydrogen) atoms. The Morgan fingerprint density at radius 3 is 2.82 bits per heavy atom. The van der Waals surface area contributed by atoms with E-state index in [9.17, 15) is 4.79 Å². The van der Waals surface area contributed by atoms with Crippen molar-refractivity contribution >= 4 is 16.9 Å². The van der Waals surface area contributed by atoms with Gasteiger partial charge in [0.25, 0.3) is 0 Å². The van der Waals surface area contributed by atoms with Crippen LogP contribution >= 0.6 is 0 Å². The van der Waals surface area contributed by atoms with Gasteiger partial charge >= 0.3 is 5.97 Å². The summed E-state index contributed by atoms with van der Waals surface area (Å²) in [6, 6.07) is 5.44. The Morgan fingerprint density at radius 1 is 1.32 bits per heavy atom. The molecule has 7 heteroatoms. The Morgan fingerprint density at radius 2 is 2.14 bits per heavy atom. The summed E-state index contributed by atoms with van der Waals surface area (Å²) < 4.78 is 13.8. The summed E-state index contributed by atoms with van der Waals surface area (Å²) in [5.74, 6) is 0.240. The second-order valence-electron chi connectivity index (χ2n) is 4.95. The van der Waals surface area contributed by atoms with Crippen molar-refractivity contribution in [1.29, 1.82) is 0 Å². The van der Waals surface area contributed by atoms with Gasteiger partial charge in [0.2, 0.25) is 0 Å². The summed E-state index contributed by atoms with van der Waals surface area (Å²) in [4.78, 5) is 11.9. The number of ether oxygens (including phenoxy) is 2. The topological polar surface area (TPSA) is 71.2 Å². The zero-order valence-corrected chi connectivity index (χ0v) is 12.6. The molecule has 1 aromatic carbocycles. The highest BCUT2D eigenvalue weighted by Gasteiger charge is 2.17. The molecule has 114 valence electrons. The van der Waals surface area contributed by atoms with Gasteiger partial charge in [-0.05, 0) is 18.2 Å². The monoisotopic (exact) mass is 300 g/mol. The molecule has 0 unspecified atom stereocenters. The lowest BCUT2D eigenvalue weighted by Crippen LogP contribution is -2.08. The molecule has 0 saturated heterocycles. The van der Waals surface area contributed by atoms with Gasteiger partial charge in [-0.25, -0.2) is 4.79 Å². The van der Waals surface area contributed by atoms with Crippen molar-refractivity contribution in [2.75, 3.05) is 7.11 Å². The minimum Gasteiger partial charge on any atom is -0.489 e. The van der Waals surface area contributed by atoms with E-state index in [1.54, 1.807) is 24.0 Å². The van der Waals surface area contributed by atoms with Gasteiger partial charge in [0.1, 0.15) is 12.4 Å².